The van der Waals surface area contributed by atoms with Crippen LogP contribution in [0.5, 0.6) is 5.75 Å². The number of hydrogen-bond donors (Lipinski definition) is 1. The average molecular weight is 326 g/mol. The Hall–Kier alpha value is -1.27. The molecule has 2 rings (SSSR count). The van der Waals surface area contributed by atoms with Crippen LogP contribution in [0.15, 0.2) is 24.3 Å². The molecule has 1 amide bonds. The van der Waals surface area contributed by atoms with Crippen LogP contribution in [0.1, 0.15) is 19.3 Å². The lowest BCUT2D eigenvalue weighted by Gasteiger charge is -2.33. The van der Waals surface area contributed by atoms with Crippen molar-refractivity contribution in [1.82, 2.24) is 4.90 Å². The summed E-state index contributed by atoms with van der Waals surface area (Å²) in [5.74, 6) is 1.33. The van der Waals surface area contributed by atoms with Crippen molar-refractivity contribution in [3.63, 3.8) is 0 Å². The average Bonchev–Trinajstić information content (AvgIpc) is 2.55. The molecule has 22 heavy (non-hydrogen) atoms. The van der Waals surface area contributed by atoms with Crippen LogP contribution in [0.4, 0.5) is 4.39 Å². The van der Waals surface area contributed by atoms with Crippen molar-refractivity contribution >= 4 is 17.7 Å². The van der Waals surface area contributed by atoms with Crippen molar-refractivity contribution in [3.8, 4) is 5.75 Å². The predicted molar refractivity (Wildman–Crippen MR) is 87.6 cm³/mol. The van der Waals surface area contributed by atoms with Gasteiger partial charge in [0.05, 0.1) is 6.04 Å². The van der Waals surface area contributed by atoms with Gasteiger partial charge in [-0.3, -0.25) is 4.79 Å². The highest BCUT2D eigenvalue weighted by Gasteiger charge is 2.26. The Labute approximate surface area is 135 Å². The van der Waals surface area contributed by atoms with E-state index in [0.29, 0.717) is 25.3 Å². The molecule has 0 aliphatic carbocycles. The third kappa shape index (κ3) is 4.88. The first kappa shape index (κ1) is 17.1. The number of rotatable bonds is 6. The lowest BCUT2D eigenvalue weighted by molar-refractivity contribution is -0.134. The highest BCUT2D eigenvalue weighted by atomic mass is 32.2. The maximum Gasteiger partial charge on any atom is 0.239 e. The minimum absolute atomic E-state index is 0.0364. The zero-order chi connectivity index (χ0) is 15.9. The molecule has 1 aliphatic rings. The van der Waals surface area contributed by atoms with Gasteiger partial charge in [0.25, 0.3) is 0 Å². The van der Waals surface area contributed by atoms with Gasteiger partial charge in [0, 0.05) is 25.9 Å². The van der Waals surface area contributed by atoms with E-state index in [-0.39, 0.29) is 17.8 Å². The second-order valence-corrected chi connectivity index (χ2v) is 6.47. The van der Waals surface area contributed by atoms with Crippen molar-refractivity contribution in [2.45, 2.75) is 31.4 Å². The Morgan fingerprint density at radius 1 is 1.41 bits per heavy atom. The van der Waals surface area contributed by atoms with Crippen LogP contribution in [0.3, 0.4) is 0 Å². The summed E-state index contributed by atoms with van der Waals surface area (Å²) < 4.78 is 18.7. The summed E-state index contributed by atoms with van der Waals surface area (Å²) in [4.78, 5) is 14.0. The first-order valence-corrected chi connectivity index (χ1v) is 8.95. The van der Waals surface area contributed by atoms with E-state index in [1.165, 1.54) is 12.1 Å². The van der Waals surface area contributed by atoms with E-state index in [1.54, 1.807) is 23.9 Å². The number of nitrogens with two attached hydrogens (primary N) is 1. The Morgan fingerprint density at radius 3 is 2.64 bits per heavy atom. The van der Waals surface area contributed by atoms with Crippen molar-refractivity contribution in [1.29, 1.82) is 0 Å². The lowest BCUT2D eigenvalue weighted by Crippen LogP contribution is -2.48. The molecule has 0 unspecified atom stereocenters. The van der Waals surface area contributed by atoms with Gasteiger partial charge in [0.15, 0.2) is 0 Å². The molecule has 1 heterocycles. The highest BCUT2D eigenvalue weighted by molar-refractivity contribution is 7.98. The number of carbonyl (C=O) groups excluding carboxylic acids is 1. The summed E-state index contributed by atoms with van der Waals surface area (Å²) in [6.07, 6.45) is 4.34. The smallest absolute Gasteiger partial charge is 0.239 e. The molecule has 1 atom stereocenters. The molecule has 0 bridgehead atoms. The molecule has 122 valence electrons. The number of piperidine rings is 1. The summed E-state index contributed by atoms with van der Waals surface area (Å²) >= 11 is 1.70. The number of hydrogen-bond acceptors (Lipinski definition) is 4. The van der Waals surface area contributed by atoms with E-state index in [9.17, 15) is 9.18 Å². The summed E-state index contributed by atoms with van der Waals surface area (Å²) in [5, 5.41) is 0. The predicted octanol–water partition coefficient (Wildman–Crippen LogP) is 2.28. The van der Waals surface area contributed by atoms with Crippen molar-refractivity contribution in [2.75, 3.05) is 25.1 Å². The second kappa shape index (κ2) is 8.39. The minimum Gasteiger partial charge on any atom is -0.490 e. The normalized spacial score (nSPS) is 17.3. The summed E-state index contributed by atoms with van der Waals surface area (Å²) in [7, 11) is 0. The van der Waals surface area contributed by atoms with Crippen LogP contribution >= 0.6 is 11.8 Å². The monoisotopic (exact) mass is 326 g/mol. The van der Waals surface area contributed by atoms with Gasteiger partial charge < -0.3 is 15.4 Å². The number of carbonyl (C=O) groups is 1. The van der Waals surface area contributed by atoms with Crippen LogP contribution in [-0.2, 0) is 4.79 Å². The Morgan fingerprint density at radius 2 is 2.05 bits per heavy atom. The van der Waals surface area contributed by atoms with Crippen molar-refractivity contribution in [2.24, 2.45) is 5.73 Å². The Kier molecular flexibility index (Phi) is 6.51. The molecule has 1 aliphatic heterocycles. The van der Waals surface area contributed by atoms with Gasteiger partial charge in [-0.25, -0.2) is 4.39 Å². The zero-order valence-electron chi connectivity index (χ0n) is 12.8. The first-order chi connectivity index (χ1) is 10.6. The number of ether oxygens (including phenoxy) is 1. The number of thioether (sulfide) groups is 1. The van der Waals surface area contributed by atoms with Gasteiger partial charge in [-0.05, 0) is 42.7 Å². The zero-order valence-corrected chi connectivity index (χ0v) is 13.7. The molecule has 6 heteroatoms. The first-order valence-electron chi connectivity index (χ1n) is 7.55. The fraction of sp³-hybridized carbons (Fsp3) is 0.562. The van der Waals surface area contributed by atoms with Crippen LogP contribution in [0, 0.1) is 5.82 Å². The fourth-order valence-corrected chi connectivity index (χ4v) is 2.99. The highest BCUT2D eigenvalue weighted by Crippen LogP contribution is 2.20. The maximum atomic E-state index is 12.9. The third-order valence-corrected chi connectivity index (χ3v) is 4.46. The summed E-state index contributed by atoms with van der Waals surface area (Å²) in [6, 6.07) is 5.63. The molecule has 0 aromatic heterocycles. The number of likely N-dealkylation sites (tertiary alicyclic amines) is 1. The standard InChI is InChI=1S/C16H23FN2O2S/c1-22-11-8-15(18)16(20)19-9-6-14(7-10-19)21-13-4-2-12(17)3-5-13/h2-5,14-15H,6-11,18H2,1H3/t15-/m1/s1. The van der Waals surface area contributed by atoms with Gasteiger partial charge in [0.1, 0.15) is 17.7 Å². The summed E-state index contributed by atoms with van der Waals surface area (Å²) in [5.41, 5.74) is 5.94. The van der Waals surface area contributed by atoms with Gasteiger partial charge in [0.2, 0.25) is 5.91 Å². The van der Waals surface area contributed by atoms with E-state index in [0.717, 1.165) is 18.6 Å². The Balaban J connectivity index is 1.77. The molecule has 1 aromatic rings. The quantitative estimate of drug-likeness (QED) is 0.871. The molecular formula is C16H23FN2O2S. The molecule has 2 N–H and O–H groups in total. The van der Waals surface area contributed by atoms with Crippen molar-refractivity contribution in [3.05, 3.63) is 30.1 Å². The summed E-state index contributed by atoms with van der Waals surface area (Å²) in [6.45, 7) is 1.33. The van der Waals surface area contributed by atoms with E-state index < -0.39 is 6.04 Å². The van der Waals surface area contributed by atoms with Gasteiger partial charge >= 0.3 is 0 Å². The molecular weight excluding hydrogens is 303 g/mol. The van der Waals surface area contributed by atoms with Gasteiger partial charge in [-0.2, -0.15) is 11.8 Å². The molecule has 0 radical (unpaired) electrons. The molecule has 1 aromatic carbocycles. The van der Waals surface area contributed by atoms with Gasteiger partial charge in [-0.15, -0.1) is 0 Å². The molecule has 0 saturated carbocycles. The number of benzene rings is 1. The molecule has 0 spiro atoms. The maximum absolute atomic E-state index is 12.9. The number of amides is 1. The van der Waals surface area contributed by atoms with E-state index >= 15 is 0 Å². The number of nitrogens with zero attached hydrogens (tertiary/aromatic N) is 1. The van der Waals surface area contributed by atoms with E-state index in [4.69, 9.17) is 10.5 Å². The molecule has 4 nitrogen and oxygen atoms in total. The molecule has 1 fully saturated rings. The van der Waals surface area contributed by atoms with Gasteiger partial charge in [-0.1, -0.05) is 0 Å². The third-order valence-electron chi connectivity index (χ3n) is 3.82. The Bertz CT molecular complexity index is 476. The SMILES string of the molecule is CSCC[C@@H](N)C(=O)N1CCC(Oc2ccc(F)cc2)CC1. The van der Waals surface area contributed by atoms with Crippen LogP contribution < -0.4 is 10.5 Å². The van der Waals surface area contributed by atoms with Crippen molar-refractivity contribution < 1.29 is 13.9 Å². The molecule has 1 saturated heterocycles. The second-order valence-electron chi connectivity index (χ2n) is 5.48. The van der Waals surface area contributed by atoms with E-state index in [2.05, 4.69) is 0 Å². The fourth-order valence-electron chi connectivity index (χ4n) is 2.50. The largest absolute Gasteiger partial charge is 0.490 e. The van der Waals surface area contributed by atoms with Crippen LogP contribution in [0.25, 0.3) is 0 Å². The minimum atomic E-state index is -0.401. The topological polar surface area (TPSA) is 55.6 Å². The van der Waals surface area contributed by atoms with Crippen LogP contribution in [-0.4, -0.2) is 48.1 Å². The lowest BCUT2D eigenvalue weighted by atomic mass is 10.1. The number of halogens is 1. The van der Waals surface area contributed by atoms with Crippen LogP contribution in [0.2, 0.25) is 0 Å². The van der Waals surface area contributed by atoms with E-state index in [1.807, 2.05) is 11.2 Å².